The van der Waals surface area contributed by atoms with Crippen LogP contribution in [0.4, 0.5) is 0 Å². The molecule has 612 valence electrons. The molecule has 0 heterocycles. The van der Waals surface area contributed by atoms with Crippen molar-refractivity contribution < 1.29 is 80.2 Å². The van der Waals surface area contributed by atoms with E-state index in [-0.39, 0.29) is 25.7 Å². The van der Waals surface area contributed by atoms with Crippen molar-refractivity contribution in [3.8, 4) is 0 Å². The molecule has 3 N–H and O–H groups in total. The van der Waals surface area contributed by atoms with E-state index in [0.717, 1.165) is 102 Å². The Hall–Kier alpha value is -1.94. The molecule has 3 unspecified atom stereocenters. The molecule has 0 aliphatic heterocycles. The van der Waals surface area contributed by atoms with Gasteiger partial charge in [0.2, 0.25) is 0 Å². The fraction of sp³-hybridized carbons (Fsp3) is 0.952. The Balaban J connectivity index is 5.20. The lowest BCUT2D eigenvalue weighted by Gasteiger charge is -2.21. The molecule has 0 aliphatic rings. The lowest BCUT2D eigenvalue weighted by atomic mass is 9.99. The van der Waals surface area contributed by atoms with Gasteiger partial charge in [0, 0.05) is 25.7 Å². The van der Waals surface area contributed by atoms with E-state index in [1.807, 2.05) is 0 Å². The van der Waals surface area contributed by atoms with Crippen LogP contribution in [-0.2, 0) is 65.4 Å². The summed E-state index contributed by atoms with van der Waals surface area (Å²) in [4.78, 5) is 73.1. The first-order chi connectivity index (χ1) is 49.9. The first kappa shape index (κ1) is 101. The van der Waals surface area contributed by atoms with E-state index in [4.69, 9.17) is 37.0 Å². The second kappa shape index (κ2) is 75.5. The Morgan fingerprint density at radius 2 is 0.495 bits per heavy atom. The van der Waals surface area contributed by atoms with Gasteiger partial charge in [-0.05, 0) is 37.5 Å². The number of esters is 4. The quantitative estimate of drug-likeness (QED) is 0.0222. The van der Waals surface area contributed by atoms with Crippen molar-refractivity contribution in [1.29, 1.82) is 0 Å². The first-order valence-corrected chi connectivity index (χ1v) is 46.5. The van der Waals surface area contributed by atoms with Gasteiger partial charge in [-0.25, -0.2) is 9.13 Å². The molecule has 0 aromatic heterocycles. The maximum absolute atomic E-state index is 13.1. The van der Waals surface area contributed by atoms with Gasteiger partial charge in [-0.3, -0.25) is 37.3 Å². The van der Waals surface area contributed by atoms with Gasteiger partial charge in [0.15, 0.2) is 12.2 Å². The van der Waals surface area contributed by atoms with E-state index in [9.17, 15) is 43.2 Å². The van der Waals surface area contributed by atoms with Crippen LogP contribution in [0.2, 0.25) is 0 Å². The molecule has 6 atom stereocenters. The largest absolute Gasteiger partial charge is 0.472 e. The summed E-state index contributed by atoms with van der Waals surface area (Å²) in [5.74, 6) is -0.555. The van der Waals surface area contributed by atoms with Crippen molar-refractivity contribution >= 4 is 39.5 Å². The van der Waals surface area contributed by atoms with Crippen LogP contribution < -0.4 is 0 Å². The van der Waals surface area contributed by atoms with Gasteiger partial charge in [-0.1, -0.05) is 395 Å². The number of unbranched alkanes of at least 4 members (excludes halogenated alkanes) is 52. The molecule has 19 heteroatoms. The molecule has 0 fully saturated rings. The monoisotopic (exact) mass is 1510 g/mol. The minimum atomic E-state index is -4.96. The van der Waals surface area contributed by atoms with Gasteiger partial charge in [0.25, 0.3) is 0 Å². The summed E-state index contributed by atoms with van der Waals surface area (Å²) in [6, 6.07) is 0. The Labute approximate surface area is 632 Å². The van der Waals surface area contributed by atoms with Crippen molar-refractivity contribution in [2.24, 2.45) is 11.8 Å². The SMILES string of the molecule is CCCCCCCCCCCCCCCCCCC(=O)OC[C@H](COP(=O)(O)OC[C@@H](O)COP(=O)(O)OC[C@@H](COC(=O)CCCCCCCCC(C)C)OC(=O)CCCCCCCCCCCCCCCCCC)OC(=O)CCCCCCCCCCCCCCCCCCCCC(C)CC. The summed E-state index contributed by atoms with van der Waals surface area (Å²) in [5, 5.41) is 10.7. The van der Waals surface area contributed by atoms with Crippen LogP contribution in [-0.4, -0.2) is 96.7 Å². The van der Waals surface area contributed by atoms with Gasteiger partial charge >= 0.3 is 39.5 Å². The van der Waals surface area contributed by atoms with Crippen LogP contribution in [0.5, 0.6) is 0 Å². The van der Waals surface area contributed by atoms with Gasteiger partial charge < -0.3 is 33.8 Å². The average molecular weight is 1510 g/mol. The summed E-state index contributed by atoms with van der Waals surface area (Å²) >= 11 is 0. The third-order valence-electron chi connectivity index (χ3n) is 20.1. The number of hydrogen-bond acceptors (Lipinski definition) is 15. The van der Waals surface area contributed by atoms with E-state index in [0.29, 0.717) is 31.6 Å². The fourth-order valence-electron chi connectivity index (χ4n) is 13.0. The second-order valence-corrected chi connectivity index (χ2v) is 33.8. The molecular formula is C84H164O17P2. The molecule has 0 aliphatic carbocycles. The van der Waals surface area contributed by atoms with E-state index < -0.39 is 97.5 Å². The molecule has 0 aromatic carbocycles. The number of carbonyl (C=O) groups excluding carboxylic acids is 4. The van der Waals surface area contributed by atoms with Crippen LogP contribution in [0, 0.1) is 11.8 Å². The highest BCUT2D eigenvalue weighted by atomic mass is 31.2. The number of rotatable bonds is 83. The second-order valence-electron chi connectivity index (χ2n) is 30.9. The Morgan fingerprint density at radius 3 is 0.738 bits per heavy atom. The number of phosphoric ester groups is 2. The van der Waals surface area contributed by atoms with Gasteiger partial charge in [0.05, 0.1) is 26.4 Å². The maximum Gasteiger partial charge on any atom is 0.472 e. The molecule has 0 rings (SSSR count). The number of aliphatic hydroxyl groups is 1. The lowest BCUT2D eigenvalue weighted by molar-refractivity contribution is -0.161. The zero-order valence-electron chi connectivity index (χ0n) is 67.6. The van der Waals surface area contributed by atoms with E-state index in [1.54, 1.807) is 0 Å². The summed E-state index contributed by atoms with van der Waals surface area (Å²) in [6.07, 6.45) is 66.8. The Morgan fingerprint density at radius 1 is 0.282 bits per heavy atom. The maximum atomic E-state index is 13.1. The van der Waals surface area contributed by atoms with Crippen molar-refractivity contribution in [2.75, 3.05) is 39.6 Å². The molecule has 0 saturated heterocycles. The van der Waals surface area contributed by atoms with E-state index in [2.05, 4.69) is 41.5 Å². The van der Waals surface area contributed by atoms with Gasteiger partial charge in [0.1, 0.15) is 19.3 Å². The summed E-state index contributed by atoms with van der Waals surface area (Å²) in [6.45, 7) is 9.65. The minimum absolute atomic E-state index is 0.107. The average Bonchev–Trinajstić information content (AvgIpc) is 0.910. The summed E-state index contributed by atoms with van der Waals surface area (Å²) < 4.78 is 68.8. The fourth-order valence-corrected chi connectivity index (χ4v) is 14.6. The smallest absolute Gasteiger partial charge is 0.462 e. The zero-order valence-corrected chi connectivity index (χ0v) is 69.4. The Bertz CT molecular complexity index is 1980. The normalized spacial score (nSPS) is 14.1. The molecule has 0 bridgehead atoms. The number of carbonyl (C=O) groups is 4. The van der Waals surface area contributed by atoms with E-state index >= 15 is 0 Å². The topological polar surface area (TPSA) is 237 Å². The number of ether oxygens (including phenoxy) is 4. The molecule has 0 spiro atoms. The summed E-state index contributed by atoms with van der Waals surface area (Å²) in [7, 11) is -9.92. The lowest BCUT2D eigenvalue weighted by Crippen LogP contribution is -2.30. The highest BCUT2D eigenvalue weighted by molar-refractivity contribution is 7.47. The molecule has 0 aromatic rings. The minimum Gasteiger partial charge on any atom is -0.462 e. The first-order valence-electron chi connectivity index (χ1n) is 43.5. The standard InChI is InChI=1S/C84H164O17P2/c1-7-10-12-14-16-18-20-22-24-31-35-39-43-47-54-60-66-81(86)94-72-79(100-83(88)68-63-57-49-45-41-37-33-29-27-26-28-30-34-38-42-46-53-59-65-77(6)9-3)74-98-102(90,91)96-70-78(85)71-97-103(92,93)99-75-80(73-95-82(87)67-61-55-51-50-52-58-64-76(4)5)101-84(89)69-62-56-48-44-40-36-32-25-23-21-19-17-15-13-11-8-2/h76-80,85H,7-75H2,1-6H3,(H,90,91)(H,92,93)/t77?,78-,79-,80-/m1/s1. The molecule has 0 radical (unpaired) electrons. The molecule has 0 saturated carbocycles. The van der Waals surface area contributed by atoms with Crippen LogP contribution in [0.3, 0.4) is 0 Å². The number of phosphoric acid groups is 2. The van der Waals surface area contributed by atoms with Crippen LogP contribution >= 0.6 is 15.6 Å². The third-order valence-corrected chi connectivity index (χ3v) is 22.0. The van der Waals surface area contributed by atoms with Crippen molar-refractivity contribution in [1.82, 2.24) is 0 Å². The predicted octanol–water partition coefficient (Wildman–Crippen LogP) is 25.5. The molecule has 17 nitrogen and oxygen atoms in total. The van der Waals surface area contributed by atoms with Gasteiger partial charge in [-0.2, -0.15) is 0 Å². The highest BCUT2D eigenvalue weighted by Crippen LogP contribution is 2.45. The summed E-state index contributed by atoms with van der Waals surface area (Å²) in [5.41, 5.74) is 0. The molecular weight excluding hydrogens is 1340 g/mol. The van der Waals surface area contributed by atoms with Gasteiger partial charge in [-0.15, -0.1) is 0 Å². The highest BCUT2D eigenvalue weighted by Gasteiger charge is 2.30. The van der Waals surface area contributed by atoms with Crippen molar-refractivity contribution in [3.05, 3.63) is 0 Å². The van der Waals surface area contributed by atoms with E-state index in [1.165, 1.54) is 257 Å². The Kier molecular flexibility index (Phi) is 74.1. The predicted molar refractivity (Wildman–Crippen MR) is 423 cm³/mol. The third kappa shape index (κ3) is 76.6. The zero-order chi connectivity index (χ0) is 75.6. The number of aliphatic hydroxyl groups excluding tert-OH is 1. The van der Waals surface area contributed by atoms with Crippen molar-refractivity contribution in [2.45, 2.75) is 464 Å². The van der Waals surface area contributed by atoms with Crippen molar-refractivity contribution in [3.63, 3.8) is 0 Å². The molecule has 103 heavy (non-hydrogen) atoms. The number of hydrogen-bond donors (Lipinski definition) is 3. The van der Waals surface area contributed by atoms with Crippen LogP contribution in [0.1, 0.15) is 446 Å². The van der Waals surface area contributed by atoms with Crippen LogP contribution in [0.15, 0.2) is 0 Å². The molecule has 0 amide bonds. The van der Waals surface area contributed by atoms with Crippen LogP contribution in [0.25, 0.3) is 0 Å².